The van der Waals surface area contributed by atoms with Gasteiger partial charge in [0.15, 0.2) is 0 Å². The molecule has 0 saturated heterocycles. The molecule has 0 radical (unpaired) electrons. The zero-order chi connectivity index (χ0) is 9.03. The molecule has 66 valence electrons. The molecule has 0 heterocycles. The fourth-order valence-corrected chi connectivity index (χ4v) is 1.37. The summed E-state index contributed by atoms with van der Waals surface area (Å²) in [6.45, 7) is 1.96. The number of hydrogen-bond acceptors (Lipinski definition) is 2. The van der Waals surface area contributed by atoms with E-state index in [9.17, 15) is 4.79 Å². The monoisotopic (exact) mass is 186 g/mol. The number of halogens is 1. The van der Waals surface area contributed by atoms with Gasteiger partial charge in [0.1, 0.15) is 5.60 Å². The molecule has 0 aromatic rings. The lowest BCUT2D eigenvalue weighted by molar-refractivity contribution is 0.0638. The molecule has 0 bridgehead atoms. The summed E-state index contributed by atoms with van der Waals surface area (Å²) < 4.78 is 5.02. The van der Waals surface area contributed by atoms with E-state index in [1.54, 1.807) is 0 Å². The van der Waals surface area contributed by atoms with Crippen molar-refractivity contribution in [3.63, 3.8) is 0 Å². The Morgan fingerprint density at radius 1 is 1.67 bits per heavy atom. The number of rotatable bonds is 2. The molecule has 0 aliphatic heterocycles. The van der Waals surface area contributed by atoms with Crippen LogP contribution < -0.4 is 0 Å². The maximum atomic E-state index is 10.6. The van der Waals surface area contributed by atoms with Gasteiger partial charge in [-0.25, -0.2) is 4.79 Å². The molecule has 3 heteroatoms. The molecule has 1 aliphatic carbocycles. The van der Waals surface area contributed by atoms with E-state index in [-0.39, 0.29) is 0 Å². The van der Waals surface area contributed by atoms with Crippen LogP contribution in [0.4, 0.5) is 4.79 Å². The molecule has 0 saturated carbocycles. The van der Waals surface area contributed by atoms with Gasteiger partial charge in [-0.2, -0.15) is 0 Å². The minimum absolute atomic E-state index is 0.506. The molecule has 2 nitrogen and oxygen atoms in total. The number of carbonyl (C=O) groups is 1. The lowest BCUT2D eigenvalue weighted by Crippen LogP contribution is -2.30. The third-order valence-electron chi connectivity index (χ3n) is 1.99. The lowest BCUT2D eigenvalue weighted by atomic mass is 9.92. The highest BCUT2D eigenvalue weighted by molar-refractivity contribution is 6.61. The maximum Gasteiger partial charge on any atom is 0.404 e. The van der Waals surface area contributed by atoms with Gasteiger partial charge in [0.2, 0.25) is 0 Å². The third-order valence-corrected chi connectivity index (χ3v) is 2.07. The van der Waals surface area contributed by atoms with Gasteiger partial charge in [0.05, 0.1) is 0 Å². The number of ether oxygens (including phenoxy) is 1. The first kappa shape index (κ1) is 9.33. The molecular formula is C9H11ClO2. The highest BCUT2D eigenvalue weighted by Crippen LogP contribution is 2.26. The van der Waals surface area contributed by atoms with Gasteiger partial charge in [-0.3, -0.25) is 0 Å². The molecule has 1 aliphatic rings. The molecule has 0 fully saturated rings. The maximum absolute atomic E-state index is 10.6. The molecule has 1 unspecified atom stereocenters. The number of carbonyl (C=O) groups excluding carboxylic acids is 1. The smallest absolute Gasteiger partial charge is 0.404 e. The van der Waals surface area contributed by atoms with Crippen LogP contribution >= 0.6 is 11.6 Å². The highest BCUT2D eigenvalue weighted by Gasteiger charge is 2.28. The Kier molecular flexibility index (Phi) is 2.93. The van der Waals surface area contributed by atoms with Gasteiger partial charge in [0, 0.05) is 18.0 Å². The topological polar surface area (TPSA) is 26.3 Å². The predicted molar refractivity (Wildman–Crippen MR) is 48.3 cm³/mol. The summed E-state index contributed by atoms with van der Waals surface area (Å²) in [6, 6.07) is 0. The van der Waals surface area contributed by atoms with Gasteiger partial charge in [0.25, 0.3) is 0 Å². The van der Waals surface area contributed by atoms with Crippen molar-refractivity contribution < 1.29 is 9.53 Å². The van der Waals surface area contributed by atoms with Crippen molar-refractivity contribution in [1.82, 2.24) is 0 Å². The predicted octanol–water partition coefficient (Wildman–Crippen LogP) is 3.03. The zero-order valence-electron chi connectivity index (χ0n) is 6.92. The molecule has 0 amide bonds. The lowest BCUT2D eigenvalue weighted by Gasteiger charge is -2.28. The number of hydrogen-bond donors (Lipinski definition) is 0. The van der Waals surface area contributed by atoms with Gasteiger partial charge in [-0.1, -0.05) is 25.2 Å². The minimum atomic E-state index is -0.739. The van der Waals surface area contributed by atoms with Gasteiger partial charge in [-0.05, 0) is 12.5 Å². The summed E-state index contributed by atoms with van der Waals surface area (Å²) in [4.78, 5) is 10.6. The van der Waals surface area contributed by atoms with E-state index in [0.717, 1.165) is 6.42 Å². The van der Waals surface area contributed by atoms with Crippen LogP contribution in [0.2, 0.25) is 0 Å². The van der Waals surface area contributed by atoms with Crippen LogP contribution in [0.15, 0.2) is 24.3 Å². The minimum Gasteiger partial charge on any atom is -0.442 e. The van der Waals surface area contributed by atoms with E-state index in [1.165, 1.54) is 0 Å². The standard InChI is InChI=1S/C9H11ClO2/c1-2-9(12-8(10)11)6-4-3-5-7-9/h3-6H,2,7H2,1H3. The second-order valence-electron chi connectivity index (χ2n) is 2.75. The van der Waals surface area contributed by atoms with Crippen molar-refractivity contribution in [1.29, 1.82) is 0 Å². The van der Waals surface area contributed by atoms with Gasteiger partial charge in [-0.15, -0.1) is 0 Å². The van der Waals surface area contributed by atoms with E-state index >= 15 is 0 Å². The average Bonchev–Trinajstić information content (AvgIpc) is 2.05. The normalized spacial score (nSPS) is 27.2. The van der Waals surface area contributed by atoms with E-state index in [1.807, 2.05) is 31.2 Å². The summed E-state index contributed by atoms with van der Waals surface area (Å²) >= 11 is 5.16. The first-order valence-corrected chi connectivity index (χ1v) is 4.29. The summed E-state index contributed by atoms with van der Waals surface area (Å²) in [6.07, 6.45) is 9.07. The fourth-order valence-electron chi connectivity index (χ4n) is 1.21. The van der Waals surface area contributed by atoms with Crippen LogP contribution in [0.5, 0.6) is 0 Å². The molecule has 0 aromatic carbocycles. The molecule has 0 spiro atoms. The Bertz CT molecular complexity index is 233. The first-order valence-electron chi connectivity index (χ1n) is 3.91. The number of allylic oxidation sites excluding steroid dienone is 2. The van der Waals surface area contributed by atoms with Crippen LogP contribution in [0.25, 0.3) is 0 Å². The molecular weight excluding hydrogens is 176 g/mol. The van der Waals surface area contributed by atoms with Gasteiger partial charge < -0.3 is 4.74 Å². The highest BCUT2D eigenvalue weighted by atomic mass is 35.5. The Balaban J connectivity index is 2.69. The van der Waals surface area contributed by atoms with Crippen LogP contribution in [-0.2, 0) is 4.74 Å². The molecule has 0 N–H and O–H groups in total. The van der Waals surface area contributed by atoms with Crippen molar-refractivity contribution in [3.8, 4) is 0 Å². The Labute approximate surface area is 76.9 Å². The second kappa shape index (κ2) is 3.76. The van der Waals surface area contributed by atoms with E-state index in [0.29, 0.717) is 6.42 Å². The van der Waals surface area contributed by atoms with Crippen LogP contribution in [0, 0.1) is 0 Å². The molecule has 0 aromatic heterocycles. The third kappa shape index (κ3) is 2.11. The molecule has 1 atom stereocenters. The summed E-state index contributed by atoms with van der Waals surface area (Å²) in [5, 5.41) is 0. The first-order chi connectivity index (χ1) is 5.68. The van der Waals surface area contributed by atoms with Crippen LogP contribution in [-0.4, -0.2) is 11.0 Å². The Hall–Kier alpha value is -0.760. The molecule has 12 heavy (non-hydrogen) atoms. The van der Waals surface area contributed by atoms with Crippen molar-refractivity contribution >= 4 is 17.0 Å². The molecule has 1 rings (SSSR count). The Morgan fingerprint density at radius 3 is 2.83 bits per heavy atom. The van der Waals surface area contributed by atoms with Crippen molar-refractivity contribution in [3.05, 3.63) is 24.3 Å². The van der Waals surface area contributed by atoms with Crippen LogP contribution in [0.1, 0.15) is 19.8 Å². The SMILES string of the molecule is CCC1(OC(=O)Cl)C=CC=CC1. The quantitative estimate of drug-likeness (QED) is 0.620. The van der Waals surface area contributed by atoms with Crippen molar-refractivity contribution in [2.24, 2.45) is 0 Å². The average molecular weight is 187 g/mol. The van der Waals surface area contributed by atoms with Gasteiger partial charge >= 0.3 is 5.43 Å². The largest absolute Gasteiger partial charge is 0.442 e. The van der Waals surface area contributed by atoms with E-state index < -0.39 is 11.0 Å². The second-order valence-corrected chi connectivity index (χ2v) is 3.06. The zero-order valence-corrected chi connectivity index (χ0v) is 7.67. The summed E-state index contributed by atoms with van der Waals surface area (Å²) in [7, 11) is 0. The van der Waals surface area contributed by atoms with Crippen LogP contribution in [0.3, 0.4) is 0 Å². The summed E-state index contributed by atoms with van der Waals surface area (Å²) in [5.41, 5.74) is -1.25. The van der Waals surface area contributed by atoms with Crippen molar-refractivity contribution in [2.45, 2.75) is 25.4 Å². The van der Waals surface area contributed by atoms with E-state index in [4.69, 9.17) is 16.3 Å². The van der Waals surface area contributed by atoms with E-state index in [2.05, 4.69) is 0 Å². The Morgan fingerprint density at radius 2 is 2.42 bits per heavy atom. The van der Waals surface area contributed by atoms with Crippen molar-refractivity contribution in [2.75, 3.05) is 0 Å². The summed E-state index contributed by atoms with van der Waals surface area (Å²) in [5.74, 6) is 0. The fraction of sp³-hybridized carbons (Fsp3) is 0.444.